The molecule has 1 aromatic heterocycles. The molecular formula is C11H17NOS. The molecule has 0 aliphatic carbocycles. The van der Waals surface area contributed by atoms with E-state index in [0.29, 0.717) is 5.25 Å². The Balaban J connectivity index is 2.22. The van der Waals surface area contributed by atoms with Crippen LogP contribution in [0.1, 0.15) is 19.4 Å². The van der Waals surface area contributed by atoms with Crippen LogP contribution in [-0.4, -0.2) is 27.2 Å². The highest BCUT2D eigenvalue weighted by Gasteiger charge is 2.08. The van der Waals surface area contributed by atoms with Gasteiger partial charge in [0.2, 0.25) is 0 Å². The third-order valence-corrected chi connectivity index (χ3v) is 3.56. The molecule has 0 aliphatic rings. The molecule has 0 saturated heterocycles. The highest BCUT2D eigenvalue weighted by atomic mass is 32.2. The van der Waals surface area contributed by atoms with Gasteiger partial charge < -0.3 is 5.11 Å². The summed E-state index contributed by atoms with van der Waals surface area (Å²) in [6.07, 6.45) is 4.46. The molecule has 3 heteroatoms. The minimum absolute atomic E-state index is 0.225. The van der Waals surface area contributed by atoms with Gasteiger partial charge in [-0.3, -0.25) is 4.98 Å². The van der Waals surface area contributed by atoms with Crippen molar-refractivity contribution in [1.29, 1.82) is 0 Å². The van der Waals surface area contributed by atoms with Gasteiger partial charge in [-0.05, 0) is 36.8 Å². The molecule has 0 aliphatic heterocycles. The topological polar surface area (TPSA) is 33.1 Å². The fourth-order valence-electron chi connectivity index (χ4n) is 1.05. The number of aromatic nitrogens is 1. The minimum atomic E-state index is -0.225. The van der Waals surface area contributed by atoms with Gasteiger partial charge in [0.05, 0.1) is 6.10 Å². The van der Waals surface area contributed by atoms with Crippen LogP contribution >= 0.6 is 11.8 Å². The molecule has 1 rings (SSSR count). The predicted octanol–water partition coefficient (Wildman–Crippen LogP) is 2.13. The van der Waals surface area contributed by atoms with E-state index < -0.39 is 0 Å². The van der Waals surface area contributed by atoms with E-state index in [2.05, 4.69) is 11.9 Å². The molecule has 1 N–H and O–H groups in total. The molecule has 2 nitrogen and oxygen atoms in total. The number of aryl methyl sites for hydroxylation is 1. The number of pyridine rings is 1. The lowest BCUT2D eigenvalue weighted by molar-refractivity contribution is 0.196. The Kier molecular flexibility index (Phi) is 4.98. The van der Waals surface area contributed by atoms with Gasteiger partial charge in [0.25, 0.3) is 0 Å². The van der Waals surface area contributed by atoms with Crippen molar-refractivity contribution in [2.45, 2.75) is 31.6 Å². The van der Waals surface area contributed by atoms with Gasteiger partial charge in [-0.1, -0.05) is 6.92 Å². The lowest BCUT2D eigenvalue weighted by Gasteiger charge is -2.13. The minimum Gasteiger partial charge on any atom is -0.392 e. The van der Waals surface area contributed by atoms with Crippen LogP contribution in [0.15, 0.2) is 24.5 Å². The summed E-state index contributed by atoms with van der Waals surface area (Å²) < 4.78 is 0. The van der Waals surface area contributed by atoms with Crippen molar-refractivity contribution >= 4 is 11.8 Å². The molecule has 0 aromatic carbocycles. The van der Waals surface area contributed by atoms with Crippen LogP contribution < -0.4 is 0 Å². The highest BCUT2D eigenvalue weighted by molar-refractivity contribution is 7.99. The Morgan fingerprint density at radius 3 is 2.57 bits per heavy atom. The maximum Gasteiger partial charge on any atom is 0.0627 e. The van der Waals surface area contributed by atoms with Gasteiger partial charge in [0.1, 0.15) is 0 Å². The number of nitrogens with zero attached hydrogens (tertiary/aromatic N) is 1. The third-order valence-electron chi connectivity index (χ3n) is 2.20. The summed E-state index contributed by atoms with van der Waals surface area (Å²) in [5, 5.41) is 9.60. The molecule has 0 bridgehead atoms. The zero-order chi connectivity index (χ0) is 10.4. The standard InChI is InChI=1S/C11H17NOS/c1-9(13)10(2)14-8-5-11-3-6-12-7-4-11/h3-4,6-7,9-10,13H,5,8H2,1-2H3. The van der Waals surface area contributed by atoms with Crippen molar-refractivity contribution in [2.75, 3.05) is 5.75 Å². The largest absolute Gasteiger partial charge is 0.392 e. The van der Waals surface area contributed by atoms with Crippen LogP contribution in [-0.2, 0) is 6.42 Å². The number of thioether (sulfide) groups is 1. The summed E-state index contributed by atoms with van der Waals surface area (Å²) >= 11 is 1.81. The smallest absolute Gasteiger partial charge is 0.0627 e. The van der Waals surface area contributed by atoms with E-state index in [1.165, 1.54) is 5.56 Å². The Labute approximate surface area is 89.8 Å². The SMILES string of the molecule is CC(O)C(C)SCCc1ccncc1. The normalized spacial score (nSPS) is 15.1. The fourth-order valence-corrected chi connectivity index (χ4v) is 2.06. The Hall–Kier alpha value is -0.540. The maximum absolute atomic E-state index is 9.29. The first-order valence-corrected chi connectivity index (χ1v) is 5.93. The molecule has 0 saturated carbocycles. The van der Waals surface area contributed by atoms with E-state index in [-0.39, 0.29) is 6.10 Å². The van der Waals surface area contributed by atoms with Crippen molar-refractivity contribution in [2.24, 2.45) is 0 Å². The Bertz CT molecular complexity index is 251. The van der Waals surface area contributed by atoms with E-state index >= 15 is 0 Å². The molecule has 2 unspecified atom stereocenters. The predicted molar refractivity (Wildman–Crippen MR) is 61.5 cm³/mol. The van der Waals surface area contributed by atoms with Gasteiger partial charge in [-0.2, -0.15) is 11.8 Å². The first kappa shape index (κ1) is 11.5. The van der Waals surface area contributed by atoms with Gasteiger partial charge in [-0.25, -0.2) is 0 Å². The van der Waals surface area contributed by atoms with Crippen LogP contribution in [0.2, 0.25) is 0 Å². The molecule has 0 spiro atoms. The summed E-state index contributed by atoms with van der Waals surface area (Å²) in [5.74, 6) is 1.05. The highest BCUT2D eigenvalue weighted by Crippen LogP contribution is 2.15. The third kappa shape index (κ3) is 4.11. The van der Waals surface area contributed by atoms with Crippen LogP contribution in [0.4, 0.5) is 0 Å². The average molecular weight is 211 g/mol. The molecule has 0 fully saturated rings. The van der Waals surface area contributed by atoms with Crippen molar-refractivity contribution in [3.05, 3.63) is 30.1 Å². The van der Waals surface area contributed by atoms with Crippen molar-refractivity contribution in [3.8, 4) is 0 Å². The van der Waals surface area contributed by atoms with Crippen LogP contribution in [0, 0.1) is 0 Å². The van der Waals surface area contributed by atoms with E-state index in [1.807, 2.05) is 43.2 Å². The number of aliphatic hydroxyl groups excluding tert-OH is 1. The van der Waals surface area contributed by atoms with Gasteiger partial charge in [0.15, 0.2) is 0 Å². The average Bonchev–Trinajstić information content (AvgIpc) is 2.19. The summed E-state index contributed by atoms with van der Waals surface area (Å²) in [6.45, 7) is 3.89. The molecule has 14 heavy (non-hydrogen) atoms. The zero-order valence-electron chi connectivity index (χ0n) is 8.68. The fraction of sp³-hybridized carbons (Fsp3) is 0.545. The zero-order valence-corrected chi connectivity index (χ0v) is 9.50. The van der Waals surface area contributed by atoms with Crippen molar-refractivity contribution in [3.63, 3.8) is 0 Å². The number of hydrogen-bond donors (Lipinski definition) is 1. The maximum atomic E-state index is 9.29. The first-order valence-electron chi connectivity index (χ1n) is 4.88. The summed E-state index contributed by atoms with van der Waals surface area (Å²) in [5.41, 5.74) is 1.31. The Morgan fingerprint density at radius 2 is 2.00 bits per heavy atom. The second kappa shape index (κ2) is 6.04. The lowest BCUT2D eigenvalue weighted by Crippen LogP contribution is -2.15. The van der Waals surface area contributed by atoms with Gasteiger partial charge >= 0.3 is 0 Å². The van der Waals surface area contributed by atoms with Gasteiger partial charge in [0, 0.05) is 17.6 Å². The van der Waals surface area contributed by atoms with Crippen LogP contribution in [0.5, 0.6) is 0 Å². The summed E-state index contributed by atoms with van der Waals surface area (Å²) in [7, 11) is 0. The van der Waals surface area contributed by atoms with E-state index in [1.54, 1.807) is 0 Å². The summed E-state index contributed by atoms with van der Waals surface area (Å²) in [6, 6.07) is 4.07. The van der Waals surface area contributed by atoms with E-state index in [9.17, 15) is 5.11 Å². The molecule has 0 amide bonds. The van der Waals surface area contributed by atoms with Crippen LogP contribution in [0.3, 0.4) is 0 Å². The van der Waals surface area contributed by atoms with E-state index in [4.69, 9.17) is 0 Å². The molecular weight excluding hydrogens is 194 g/mol. The second-order valence-corrected chi connectivity index (χ2v) is 4.91. The molecule has 0 radical (unpaired) electrons. The second-order valence-electron chi connectivity index (χ2n) is 3.42. The molecule has 78 valence electrons. The molecule has 1 heterocycles. The molecule has 1 aromatic rings. The number of rotatable bonds is 5. The lowest BCUT2D eigenvalue weighted by atomic mass is 10.2. The quantitative estimate of drug-likeness (QED) is 0.810. The van der Waals surface area contributed by atoms with Gasteiger partial charge in [-0.15, -0.1) is 0 Å². The monoisotopic (exact) mass is 211 g/mol. The van der Waals surface area contributed by atoms with E-state index in [0.717, 1.165) is 12.2 Å². The number of hydrogen-bond acceptors (Lipinski definition) is 3. The number of aliphatic hydroxyl groups is 1. The first-order chi connectivity index (χ1) is 6.70. The Morgan fingerprint density at radius 1 is 1.36 bits per heavy atom. The summed E-state index contributed by atoms with van der Waals surface area (Å²) in [4.78, 5) is 3.97. The van der Waals surface area contributed by atoms with Crippen LogP contribution in [0.25, 0.3) is 0 Å². The molecule has 2 atom stereocenters. The van der Waals surface area contributed by atoms with Crippen molar-refractivity contribution in [1.82, 2.24) is 4.98 Å². The van der Waals surface area contributed by atoms with Crippen molar-refractivity contribution < 1.29 is 5.11 Å².